The van der Waals surface area contributed by atoms with Crippen molar-refractivity contribution in [1.29, 1.82) is 0 Å². The van der Waals surface area contributed by atoms with E-state index in [9.17, 15) is 0 Å². The molecule has 0 amide bonds. The highest BCUT2D eigenvalue weighted by Crippen LogP contribution is 2.38. The molecule has 72 valence electrons. The Morgan fingerprint density at radius 3 is 2.64 bits per heavy atom. The maximum atomic E-state index is 2.36. The molecule has 1 fully saturated rings. The van der Waals surface area contributed by atoms with E-state index in [2.05, 4.69) is 41.9 Å². The lowest BCUT2D eigenvalue weighted by Crippen LogP contribution is -2.12. The Morgan fingerprint density at radius 2 is 2.00 bits per heavy atom. The highest BCUT2D eigenvalue weighted by molar-refractivity contribution is 5.81. The zero-order valence-electron chi connectivity index (χ0n) is 8.53. The molecule has 2 aromatic rings. The maximum absolute atomic E-state index is 2.36. The molecule has 3 rings (SSSR count). The van der Waals surface area contributed by atoms with Crippen LogP contribution in [0.3, 0.4) is 0 Å². The van der Waals surface area contributed by atoms with E-state index in [1.165, 1.54) is 35.9 Å². The van der Waals surface area contributed by atoms with Crippen LogP contribution in [-0.2, 0) is 7.05 Å². The summed E-state index contributed by atoms with van der Waals surface area (Å²) in [7, 11) is 2.19. The zero-order valence-corrected chi connectivity index (χ0v) is 8.53. The third-order valence-electron chi connectivity index (χ3n) is 3.51. The van der Waals surface area contributed by atoms with Gasteiger partial charge in [0.15, 0.2) is 0 Å². The lowest BCUT2D eigenvalue weighted by molar-refractivity contribution is 0.404. The molecule has 1 heterocycles. The Kier molecular flexibility index (Phi) is 1.66. The molecule has 1 aromatic carbocycles. The van der Waals surface area contributed by atoms with Crippen molar-refractivity contribution in [3.63, 3.8) is 0 Å². The molecule has 1 saturated carbocycles. The fraction of sp³-hybridized carbons (Fsp3) is 0.385. The molecular weight excluding hydrogens is 170 g/mol. The number of fused-ring (bicyclic) bond motifs is 1. The average Bonchev–Trinajstić information content (AvgIpc) is 2.43. The van der Waals surface area contributed by atoms with Crippen LogP contribution in [0.15, 0.2) is 30.3 Å². The Balaban J connectivity index is 2.19. The van der Waals surface area contributed by atoms with Crippen molar-refractivity contribution in [1.82, 2.24) is 4.57 Å². The summed E-state index contributed by atoms with van der Waals surface area (Å²) in [5, 5.41) is 1.39. The predicted octanol–water partition coefficient (Wildman–Crippen LogP) is 3.45. The van der Waals surface area contributed by atoms with Gasteiger partial charge < -0.3 is 4.57 Å². The number of hydrogen-bond donors (Lipinski definition) is 0. The van der Waals surface area contributed by atoms with Gasteiger partial charge in [-0.3, -0.25) is 0 Å². The summed E-state index contributed by atoms with van der Waals surface area (Å²) in [6, 6.07) is 11.0. The first-order valence-corrected chi connectivity index (χ1v) is 5.40. The highest BCUT2D eigenvalue weighted by atomic mass is 14.9. The maximum Gasteiger partial charge on any atom is 0.0479 e. The Morgan fingerprint density at radius 1 is 1.21 bits per heavy atom. The van der Waals surface area contributed by atoms with Gasteiger partial charge in [-0.2, -0.15) is 0 Å². The first kappa shape index (κ1) is 8.10. The molecule has 0 N–H and O–H groups in total. The van der Waals surface area contributed by atoms with Crippen LogP contribution in [0.25, 0.3) is 10.9 Å². The van der Waals surface area contributed by atoms with E-state index in [4.69, 9.17) is 0 Å². The molecule has 0 bridgehead atoms. The van der Waals surface area contributed by atoms with E-state index in [0.29, 0.717) is 0 Å². The molecule has 0 spiro atoms. The van der Waals surface area contributed by atoms with Crippen LogP contribution in [-0.4, -0.2) is 4.57 Å². The fourth-order valence-electron chi connectivity index (χ4n) is 2.41. The molecule has 1 aliphatic carbocycles. The molecule has 1 aliphatic rings. The third-order valence-corrected chi connectivity index (χ3v) is 3.51. The molecule has 0 aliphatic heterocycles. The van der Waals surface area contributed by atoms with Crippen molar-refractivity contribution < 1.29 is 0 Å². The zero-order chi connectivity index (χ0) is 9.54. The second-order valence-electron chi connectivity index (χ2n) is 4.31. The minimum atomic E-state index is 0.826. The average molecular weight is 185 g/mol. The number of hydrogen-bond acceptors (Lipinski definition) is 0. The van der Waals surface area contributed by atoms with Gasteiger partial charge in [0.05, 0.1) is 0 Å². The number of nitrogens with zero attached hydrogens (tertiary/aromatic N) is 1. The minimum Gasteiger partial charge on any atom is -0.347 e. The standard InChI is InChI=1S/C13H15N/c1-14-12-8-3-2-5-11(12)9-13(14)10-6-4-7-10/h2-3,5,8-10H,4,6-7H2,1H3. The third kappa shape index (κ3) is 1.02. The van der Waals surface area contributed by atoms with Gasteiger partial charge in [-0.1, -0.05) is 24.6 Å². The quantitative estimate of drug-likeness (QED) is 0.641. The van der Waals surface area contributed by atoms with E-state index in [-0.39, 0.29) is 0 Å². The summed E-state index contributed by atoms with van der Waals surface area (Å²) in [6.07, 6.45) is 4.17. The van der Waals surface area contributed by atoms with E-state index < -0.39 is 0 Å². The molecule has 1 heteroatoms. The van der Waals surface area contributed by atoms with E-state index in [1.54, 1.807) is 0 Å². The van der Waals surface area contributed by atoms with Crippen LogP contribution in [0.4, 0.5) is 0 Å². The van der Waals surface area contributed by atoms with Gasteiger partial charge in [0.1, 0.15) is 0 Å². The van der Waals surface area contributed by atoms with Crippen LogP contribution in [0, 0.1) is 0 Å². The predicted molar refractivity (Wildman–Crippen MR) is 59.5 cm³/mol. The summed E-state index contributed by atoms with van der Waals surface area (Å²) < 4.78 is 2.36. The summed E-state index contributed by atoms with van der Waals surface area (Å²) in [5.41, 5.74) is 2.90. The molecule has 1 nitrogen and oxygen atoms in total. The molecule has 1 aromatic heterocycles. The molecule has 0 radical (unpaired) electrons. The largest absolute Gasteiger partial charge is 0.347 e. The lowest BCUT2D eigenvalue weighted by Gasteiger charge is -2.26. The monoisotopic (exact) mass is 185 g/mol. The van der Waals surface area contributed by atoms with Gasteiger partial charge >= 0.3 is 0 Å². The Hall–Kier alpha value is -1.24. The van der Waals surface area contributed by atoms with Crippen LogP contribution in [0.1, 0.15) is 30.9 Å². The van der Waals surface area contributed by atoms with Crippen molar-refractivity contribution in [2.45, 2.75) is 25.2 Å². The second-order valence-corrected chi connectivity index (χ2v) is 4.31. The SMILES string of the molecule is Cn1c(C2CCC2)cc2ccccc21. The second kappa shape index (κ2) is 2.88. The van der Waals surface area contributed by atoms with Crippen molar-refractivity contribution in [2.75, 3.05) is 0 Å². The van der Waals surface area contributed by atoms with Crippen molar-refractivity contribution in [3.05, 3.63) is 36.0 Å². The number of para-hydroxylation sites is 1. The number of rotatable bonds is 1. The van der Waals surface area contributed by atoms with Crippen LogP contribution in [0.5, 0.6) is 0 Å². The van der Waals surface area contributed by atoms with Gasteiger partial charge in [-0.25, -0.2) is 0 Å². The van der Waals surface area contributed by atoms with Crippen LogP contribution >= 0.6 is 0 Å². The van der Waals surface area contributed by atoms with Gasteiger partial charge in [0.2, 0.25) is 0 Å². The van der Waals surface area contributed by atoms with Crippen molar-refractivity contribution in [2.24, 2.45) is 7.05 Å². The molecule has 0 unspecified atom stereocenters. The molecule has 14 heavy (non-hydrogen) atoms. The number of benzene rings is 1. The van der Waals surface area contributed by atoms with E-state index in [1.807, 2.05) is 0 Å². The topological polar surface area (TPSA) is 4.93 Å². The summed E-state index contributed by atoms with van der Waals surface area (Å²) >= 11 is 0. The van der Waals surface area contributed by atoms with Crippen molar-refractivity contribution >= 4 is 10.9 Å². The van der Waals surface area contributed by atoms with E-state index in [0.717, 1.165) is 5.92 Å². The van der Waals surface area contributed by atoms with Gasteiger partial charge in [-0.15, -0.1) is 0 Å². The molecular formula is C13H15N. The summed E-state index contributed by atoms with van der Waals surface area (Å²) in [6.45, 7) is 0. The summed E-state index contributed by atoms with van der Waals surface area (Å²) in [5.74, 6) is 0.826. The Labute approximate surface area is 84.4 Å². The fourth-order valence-corrected chi connectivity index (χ4v) is 2.41. The number of aryl methyl sites for hydroxylation is 1. The van der Waals surface area contributed by atoms with Crippen LogP contribution in [0.2, 0.25) is 0 Å². The highest BCUT2D eigenvalue weighted by Gasteiger charge is 2.22. The van der Waals surface area contributed by atoms with Gasteiger partial charge in [0.25, 0.3) is 0 Å². The lowest BCUT2D eigenvalue weighted by atomic mass is 9.83. The first-order valence-electron chi connectivity index (χ1n) is 5.40. The van der Waals surface area contributed by atoms with E-state index >= 15 is 0 Å². The Bertz CT molecular complexity index is 463. The summed E-state index contributed by atoms with van der Waals surface area (Å²) in [4.78, 5) is 0. The van der Waals surface area contributed by atoms with Gasteiger partial charge in [0, 0.05) is 18.3 Å². The normalized spacial score (nSPS) is 17.2. The van der Waals surface area contributed by atoms with Gasteiger partial charge in [-0.05, 0) is 36.3 Å². The van der Waals surface area contributed by atoms with Crippen LogP contribution < -0.4 is 0 Å². The number of aromatic nitrogens is 1. The molecule has 0 atom stereocenters. The smallest absolute Gasteiger partial charge is 0.0479 e. The molecule has 0 saturated heterocycles. The minimum absolute atomic E-state index is 0.826. The van der Waals surface area contributed by atoms with Crippen molar-refractivity contribution in [3.8, 4) is 0 Å². The first-order chi connectivity index (χ1) is 6.86.